The number of fused-ring (bicyclic) bond motifs is 1. The molecule has 0 saturated carbocycles. The normalized spacial score (nSPS) is 15.8. The van der Waals surface area contributed by atoms with Crippen molar-refractivity contribution in [2.24, 2.45) is 5.41 Å². The summed E-state index contributed by atoms with van der Waals surface area (Å²) in [6, 6.07) is 8.74. The molecule has 0 unspecified atom stereocenters. The second-order valence-corrected chi connectivity index (χ2v) is 8.58. The zero-order valence-electron chi connectivity index (χ0n) is 15.0. The number of benzene rings is 1. The van der Waals surface area contributed by atoms with Crippen molar-refractivity contribution >= 4 is 46.1 Å². The van der Waals surface area contributed by atoms with Gasteiger partial charge in [-0.1, -0.05) is 18.5 Å². The maximum atomic E-state index is 12.8. The van der Waals surface area contributed by atoms with E-state index in [1.165, 1.54) is 11.3 Å². The van der Waals surface area contributed by atoms with E-state index in [1.54, 1.807) is 29.2 Å². The Morgan fingerprint density at radius 3 is 2.77 bits per heavy atom. The molecule has 0 saturated heterocycles. The van der Waals surface area contributed by atoms with E-state index < -0.39 is 5.41 Å². The second kappa shape index (κ2) is 7.29. The maximum absolute atomic E-state index is 12.8. The summed E-state index contributed by atoms with van der Waals surface area (Å²) in [5, 5.41) is 2.85. The predicted octanol–water partition coefficient (Wildman–Crippen LogP) is 4.82. The van der Waals surface area contributed by atoms with E-state index in [2.05, 4.69) is 5.32 Å². The lowest BCUT2D eigenvalue weighted by molar-refractivity contribution is -0.127. The maximum Gasteiger partial charge on any atom is 0.265 e. The first kappa shape index (κ1) is 18.7. The van der Waals surface area contributed by atoms with Crippen LogP contribution in [0.4, 0.5) is 11.4 Å². The molecular weight excluding hydrogens is 372 g/mol. The number of anilines is 2. The Morgan fingerprint density at radius 2 is 2.12 bits per heavy atom. The minimum Gasteiger partial charge on any atom is -0.490 e. The Kier molecular flexibility index (Phi) is 5.25. The van der Waals surface area contributed by atoms with Crippen LogP contribution in [0.15, 0.2) is 30.3 Å². The Morgan fingerprint density at radius 1 is 1.35 bits per heavy atom. The standard InChI is InChI=1S/C19H21ClN2O3S/c1-4-9-22-13-6-5-12(21-17(23)15-7-8-16(20)26-15)10-14(13)25-11-19(2,3)18(22)24/h5-8,10H,4,9,11H2,1-3H3,(H,21,23). The van der Waals surface area contributed by atoms with E-state index in [9.17, 15) is 9.59 Å². The van der Waals surface area contributed by atoms with Gasteiger partial charge in [-0.05, 0) is 44.5 Å². The van der Waals surface area contributed by atoms with Crippen molar-refractivity contribution in [3.63, 3.8) is 0 Å². The molecule has 0 atom stereocenters. The highest BCUT2D eigenvalue weighted by Gasteiger charge is 2.37. The van der Waals surface area contributed by atoms with Gasteiger partial charge in [-0.3, -0.25) is 9.59 Å². The van der Waals surface area contributed by atoms with Crippen LogP contribution in [0, 0.1) is 5.41 Å². The van der Waals surface area contributed by atoms with Gasteiger partial charge < -0.3 is 15.0 Å². The monoisotopic (exact) mass is 392 g/mol. The van der Waals surface area contributed by atoms with Crippen molar-refractivity contribution in [1.82, 2.24) is 0 Å². The van der Waals surface area contributed by atoms with Gasteiger partial charge in [-0.25, -0.2) is 0 Å². The van der Waals surface area contributed by atoms with Crippen molar-refractivity contribution in [3.8, 4) is 5.75 Å². The molecule has 0 bridgehead atoms. The molecule has 1 aliphatic heterocycles. The van der Waals surface area contributed by atoms with Crippen LogP contribution in [0.3, 0.4) is 0 Å². The van der Waals surface area contributed by atoms with Crippen LogP contribution in [0.1, 0.15) is 36.9 Å². The molecule has 0 spiro atoms. The summed E-state index contributed by atoms with van der Waals surface area (Å²) < 4.78 is 6.48. The summed E-state index contributed by atoms with van der Waals surface area (Å²) >= 11 is 7.11. The van der Waals surface area contributed by atoms with E-state index >= 15 is 0 Å². The van der Waals surface area contributed by atoms with Crippen molar-refractivity contribution in [2.45, 2.75) is 27.2 Å². The largest absolute Gasteiger partial charge is 0.490 e. The summed E-state index contributed by atoms with van der Waals surface area (Å²) in [6.45, 7) is 6.71. The molecule has 26 heavy (non-hydrogen) atoms. The van der Waals surface area contributed by atoms with Gasteiger partial charge in [-0.15, -0.1) is 11.3 Å². The Labute approximate surface area is 161 Å². The summed E-state index contributed by atoms with van der Waals surface area (Å²) in [5.74, 6) is 0.416. The van der Waals surface area contributed by atoms with Gasteiger partial charge >= 0.3 is 0 Å². The molecule has 0 aliphatic carbocycles. The molecule has 1 aliphatic rings. The van der Waals surface area contributed by atoms with Gasteiger partial charge in [0.15, 0.2) is 0 Å². The smallest absolute Gasteiger partial charge is 0.265 e. The number of thiophene rings is 1. The average molecular weight is 393 g/mol. The molecule has 2 aromatic rings. The van der Waals surface area contributed by atoms with Crippen LogP contribution in [0.5, 0.6) is 5.75 Å². The molecule has 1 N–H and O–H groups in total. The third kappa shape index (κ3) is 3.71. The Hall–Kier alpha value is -2.05. The first-order valence-electron chi connectivity index (χ1n) is 8.47. The molecule has 0 fully saturated rings. The van der Waals surface area contributed by atoms with Crippen LogP contribution in [0.25, 0.3) is 0 Å². The van der Waals surface area contributed by atoms with Gasteiger partial charge in [0.05, 0.1) is 20.3 Å². The number of carbonyl (C=O) groups is 2. The number of nitrogens with zero attached hydrogens (tertiary/aromatic N) is 1. The van der Waals surface area contributed by atoms with Gasteiger partial charge in [0.1, 0.15) is 12.4 Å². The van der Waals surface area contributed by atoms with Crippen LogP contribution >= 0.6 is 22.9 Å². The molecule has 2 heterocycles. The molecule has 1 aromatic carbocycles. The quantitative estimate of drug-likeness (QED) is 0.811. The molecule has 3 rings (SSSR count). The van der Waals surface area contributed by atoms with E-state index in [0.29, 0.717) is 27.2 Å². The predicted molar refractivity (Wildman–Crippen MR) is 106 cm³/mol. The zero-order chi connectivity index (χ0) is 18.9. The highest BCUT2D eigenvalue weighted by Crippen LogP contribution is 2.38. The zero-order valence-corrected chi connectivity index (χ0v) is 16.5. The average Bonchev–Trinajstić information content (AvgIpc) is 3.01. The molecular formula is C19H21ClN2O3S. The fraction of sp³-hybridized carbons (Fsp3) is 0.368. The number of carbonyl (C=O) groups excluding carboxylic acids is 2. The Bertz CT molecular complexity index is 847. The lowest BCUT2D eigenvalue weighted by Gasteiger charge is -2.27. The third-order valence-corrected chi connectivity index (χ3v) is 5.40. The molecule has 5 nitrogen and oxygen atoms in total. The molecule has 0 radical (unpaired) electrons. The summed E-state index contributed by atoms with van der Waals surface area (Å²) in [5.41, 5.74) is 0.743. The van der Waals surface area contributed by atoms with Crippen LogP contribution in [-0.4, -0.2) is 25.0 Å². The van der Waals surface area contributed by atoms with Gasteiger partial charge in [-0.2, -0.15) is 0 Å². The molecule has 7 heteroatoms. The lowest BCUT2D eigenvalue weighted by Crippen LogP contribution is -2.42. The number of amides is 2. The number of ether oxygens (including phenoxy) is 1. The van der Waals surface area contributed by atoms with Crippen LogP contribution < -0.4 is 15.0 Å². The summed E-state index contributed by atoms with van der Waals surface area (Å²) in [7, 11) is 0. The molecule has 1 aromatic heterocycles. The number of hydrogen-bond acceptors (Lipinski definition) is 4. The number of rotatable bonds is 4. The topological polar surface area (TPSA) is 58.6 Å². The minimum absolute atomic E-state index is 0.0445. The van der Waals surface area contributed by atoms with Crippen molar-refractivity contribution in [2.75, 3.05) is 23.4 Å². The third-order valence-electron chi connectivity index (χ3n) is 4.17. The highest BCUT2D eigenvalue weighted by atomic mass is 35.5. The van der Waals surface area contributed by atoms with E-state index in [1.807, 2.05) is 26.8 Å². The van der Waals surface area contributed by atoms with Gasteiger partial charge in [0.25, 0.3) is 5.91 Å². The van der Waals surface area contributed by atoms with Crippen molar-refractivity contribution in [3.05, 3.63) is 39.5 Å². The molecule has 2 amide bonds. The van der Waals surface area contributed by atoms with E-state index in [0.717, 1.165) is 12.1 Å². The van der Waals surface area contributed by atoms with Crippen LogP contribution in [-0.2, 0) is 4.79 Å². The Balaban J connectivity index is 1.89. The second-order valence-electron chi connectivity index (χ2n) is 6.87. The van der Waals surface area contributed by atoms with Gasteiger partial charge in [0, 0.05) is 18.3 Å². The van der Waals surface area contributed by atoms with E-state index in [-0.39, 0.29) is 18.4 Å². The fourth-order valence-electron chi connectivity index (χ4n) is 2.80. The SMILES string of the molecule is CCCN1C(=O)C(C)(C)COc2cc(NC(=O)c3ccc(Cl)s3)ccc21. The minimum atomic E-state index is -0.606. The highest BCUT2D eigenvalue weighted by molar-refractivity contribution is 7.18. The van der Waals surface area contributed by atoms with Crippen LogP contribution in [0.2, 0.25) is 4.34 Å². The lowest BCUT2D eigenvalue weighted by atomic mass is 9.93. The summed E-state index contributed by atoms with van der Waals surface area (Å²) in [6.07, 6.45) is 0.846. The van der Waals surface area contributed by atoms with Crippen molar-refractivity contribution in [1.29, 1.82) is 0 Å². The first-order chi connectivity index (χ1) is 12.3. The summed E-state index contributed by atoms with van der Waals surface area (Å²) in [4.78, 5) is 27.5. The number of hydrogen-bond donors (Lipinski definition) is 1. The van der Waals surface area contributed by atoms with E-state index in [4.69, 9.17) is 16.3 Å². The van der Waals surface area contributed by atoms with Crippen molar-refractivity contribution < 1.29 is 14.3 Å². The fourth-order valence-corrected chi connectivity index (χ4v) is 3.74. The molecule has 138 valence electrons. The number of nitrogens with one attached hydrogen (secondary N) is 1. The number of halogens is 1. The first-order valence-corrected chi connectivity index (χ1v) is 9.67. The van der Waals surface area contributed by atoms with Gasteiger partial charge in [0.2, 0.25) is 5.91 Å².